The number of likely N-dealkylation sites (tertiary alicyclic amines) is 1. The van der Waals surface area contributed by atoms with E-state index in [4.69, 9.17) is 9.72 Å². The molecule has 1 amide bonds. The molecular weight excluding hydrogens is 483 g/mol. The number of ether oxygens (including phenoxy) is 1. The number of hydrogen-bond acceptors (Lipinski definition) is 6. The fourth-order valence-corrected chi connectivity index (χ4v) is 5.24. The van der Waals surface area contributed by atoms with Crippen molar-refractivity contribution >= 4 is 11.7 Å². The number of carbonyl (C=O) groups excluding carboxylic acids is 1. The Balaban J connectivity index is 1.32. The fourth-order valence-electron chi connectivity index (χ4n) is 5.24. The third-order valence-corrected chi connectivity index (χ3v) is 7.43. The number of aromatic nitrogens is 3. The molecule has 10 heteroatoms. The second-order valence-electron chi connectivity index (χ2n) is 9.79. The molecule has 1 saturated heterocycles. The molecule has 3 aromatic heterocycles. The Morgan fingerprint density at radius 2 is 2.00 bits per heavy atom. The van der Waals surface area contributed by atoms with Crippen LogP contribution in [-0.4, -0.2) is 51.5 Å². The number of rotatable bonds is 5. The van der Waals surface area contributed by atoms with Gasteiger partial charge in [-0.2, -0.15) is 0 Å². The van der Waals surface area contributed by atoms with Gasteiger partial charge < -0.3 is 15.0 Å². The van der Waals surface area contributed by atoms with Crippen molar-refractivity contribution in [1.82, 2.24) is 19.9 Å². The largest absolute Gasteiger partial charge is 0.481 e. The molecule has 2 atom stereocenters. The van der Waals surface area contributed by atoms with Gasteiger partial charge in [0.2, 0.25) is 11.8 Å². The van der Waals surface area contributed by atoms with E-state index in [1.54, 1.807) is 17.9 Å². The Kier molecular flexibility index (Phi) is 6.51. The second kappa shape index (κ2) is 9.64. The number of nitrogens with one attached hydrogen (secondary N) is 1. The molecule has 194 valence electrons. The average Bonchev–Trinajstić information content (AvgIpc) is 3.30. The van der Waals surface area contributed by atoms with Gasteiger partial charge in [0, 0.05) is 47.7 Å². The van der Waals surface area contributed by atoms with Crippen molar-refractivity contribution in [1.29, 1.82) is 0 Å². The van der Waals surface area contributed by atoms with E-state index in [-0.39, 0.29) is 28.5 Å². The number of methoxy groups -OCH3 is 1. The molecule has 5 rings (SSSR count). The molecule has 0 aromatic carbocycles. The highest BCUT2D eigenvalue weighted by Crippen LogP contribution is 2.39. The second-order valence-corrected chi connectivity index (χ2v) is 9.79. The number of hydrogen-bond donors (Lipinski definition) is 1. The van der Waals surface area contributed by atoms with Gasteiger partial charge in [0.25, 0.3) is 6.43 Å². The first kappa shape index (κ1) is 25.0. The minimum Gasteiger partial charge on any atom is -0.481 e. The molecule has 2 aliphatic rings. The summed E-state index contributed by atoms with van der Waals surface area (Å²) in [6.07, 6.45) is 2.03. The van der Waals surface area contributed by atoms with Crippen LogP contribution in [0.4, 0.5) is 19.0 Å². The van der Waals surface area contributed by atoms with E-state index in [0.717, 1.165) is 48.1 Å². The molecule has 0 unspecified atom stereocenters. The number of halogens is 3. The number of carbonyl (C=O) groups is 1. The number of nitrogens with zero attached hydrogens (tertiary/aromatic N) is 4. The van der Waals surface area contributed by atoms with Gasteiger partial charge in [-0.25, -0.2) is 23.1 Å². The molecule has 1 N–H and O–H groups in total. The van der Waals surface area contributed by atoms with Crippen LogP contribution in [0, 0.1) is 12.7 Å². The summed E-state index contributed by atoms with van der Waals surface area (Å²) < 4.78 is 45.3. The predicted octanol–water partition coefficient (Wildman–Crippen LogP) is 5.07. The lowest BCUT2D eigenvalue weighted by Crippen LogP contribution is -2.46. The maximum absolute atomic E-state index is 14.4. The van der Waals surface area contributed by atoms with Gasteiger partial charge in [-0.15, -0.1) is 0 Å². The highest BCUT2D eigenvalue weighted by atomic mass is 19.3. The molecule has 1 spiro atoms. The SMILES string of the molecule is COc1cc([C@@H](C)C(=O)N2CC[C@@]3(CCc4cc(-c5ccc(C(F)F)cn5)c(C)nc4N3)C2)c(F)cn1. The summed E-state index contributed by atoms with van der Waals surface area (Å²) in [6, 6.07) is 6.47. The van der Waals surface area contributed by atoms with Crippen LogP contribution >= 0.6 is 0 Å². The molecule has 3 aromatic rings. The van der Waals surface area contributed by atoms with Crippen molar-refractivity contribution < 1.29 is 22.7 Å². The van der Waals surface area contributed by atoms with Crippen molar-refractivity contribution in [2.75, 3.05) is 25.5 Å². The van der Waals surface area contributed by atoms with Crippen LogP contribution in [0.2, 0.25) is 0 Å². The van der Waals surface area contributed by atoms with Gasteiger partial charge in [-0.1, -0.05) is 0 Å². The van der Waals surface area contributed by atoms with Crippen LogP contribution in [0.25, 0.3) is 11.3 Å². The molecule has 0 radical (unpaired) electrons. The van der Waals surface area contributed by atoms with Crippen LogP contribution in [0.1, 0.15) is 54.5 Å². The highest BCUT2D eigenvalue weighted by molar-refractivity contribution is 5.84. The van der Waals surface area contributed by atoms with Crippen molar-refractivity contribution in [3.05, 3.63) is 64.9 Å². The fraction of sp³-hybridized carbons (Fsp3) is 0.407. The zero-order valence-corrected chi connectivity index (χ0v) is 20.9. The van der Waals surface area contributed by atoms with Crippen LogP contribution in [0.15, 0.2) is 36.7 Å². The molecular formula is C27H28F3N5O2. The Bertz CT molecular complexity index is 1330. The zero-order chi connectivity index (χ0) is 26.3. The van der Waals surface area contributed by atoms with Gasteiger partial charge in [0.05, 0.1) is 30.5 Å². The number of alkyl halides is 2. The normalized spacial score (nSPS) is 19.6. The Labute approximate surface area is 213 Å². The summed E-state index contributed by atoms with van der Waals surface area (Å²) in [5.74, 6) is -0.317. The van der Waals surface area contributed by atoms with Crippen LogP contribution in [0.5, 0.6) is 5.88 Å². The standard InChI is InChI=1S/C27H28F3N5O2/c1-15(19-11-23(37-3)32-13-21(19)28)26(36)35-9-8-27(14-35)7-6-17-10-20(16(2)33-25(17)34-27)22-5-4-18(12-31-22)24(29)30/h4-5,10-13,15,24H,6-9,14H2,1-3H3,(H,33,34)/t15-,27+/m1/s1. The third kappa shape index (κ3) is 4.72. The lowest BCUT2D eigenvalue weighted by molar-refractivity contribution is -0.131. The molecule has 0 saturated carbocycles. The topological polar surface area (TPSA) is 80.2 Å². The lowest BCUT2D eigenvalue weighted by Gasteiger charge is -2.36. The first-order valence-electron chi connectivity index (χ1n) is 12.2. The number of aryl methyl sites for hydroxylation is 2. The van der Waals surface area contributed by atoms with Crippen molar-refractivity contribution in [3.8, 4) is 17.1 Å². The Hall–Kier alpha value is -3.69. The molecule has 37 heavy (non-hydrogen) atoms. The highest BCUT2D eigenvalue weighted by Gasteiger charge is 2.43. The van der Waals surface area contributed by atoms with Crippen molar-refractivity contribution in [2.24, 2.45) is 0 Å². The van der Waals surface area contributed by atoms with E-state index in [0.29, 0.717) is 18.8 Å². The summed E-state index contributed by atoms with van der Waals surface area (Å²) in [4.78, 5) is 27.9. The first-order valence-corrected chi connectivity index (χ1v) is 12.2. The third-order valence-electron chi connectivity index (χ3n) is 7.43. The number of fused-ring (bicyclic) bond motifs is 1. The molecule has 0 aliphatic carbocycles. The van der Waals surface area contributed by atoms with Crippen molar-refractivity contribution in [2.45, 2.75) is 51.0 Å². The molecule has 5 heterocycles. The maximum Gasteiger partial charge on any atom is 0.265 e. The van der Waals surface area contributed by atoms with E-state index < -0.39 is 18.2 Å². The molecule has 0 bridgehead atoms. The summed E-state index contributed by atoms with van der Waals surface area (Å²) >= 11 is 0. The monoisotopic (exact) mass is 511 g/mol. The quantitative estimate of drug-likeness (QED) is 0.516. The summed E-state index contributed by atoms with van der Waals surface area (Å²) in [5, 5.41) is 3.58. The van der Waals surface area contributed by atoms with E-state index in [1.807, 2.05) is 13.0 Å². The minimum atomic E-state index is -2.56. The van der Waals surface area contributed by atoms with Gasteiger partial charge in [0.15, 0.2) is 0 Å². The van der Waals surface area contributed by atoms with Crippen LogP contribution < -0.4 is 10.1 Å². The number of anilines is 1. The molecule has 2 aliphatic heterocycles. The van der Waals surface area contributed by atoms with E-state index in [9.17, 15) is 18.0 Å². The van der Waals surface area contributed by atoms with Crippen LogP contribution in [-0.2, 0) is 11.2 Å². The summed E-state index contributed by atoms with van der Waals surface area (Å²) in [5.41, 5.74) is 3.01. The van der Waals surface area contributed by atoms with Gasteiger partial charge in [0.1, 0.15) is 11.6 Å². The number of amides is 1. The Morgan fingerprint density at radius 1 is 1.19 bits per heavy atom. The Morgan fingerprint density at radius 3 is 2.70 bits per heavy atom. The smallest absolute Gasteiger partial charge is 0.265 e. The molecule has 7 nitrogen and oxygen atoms in total. The van der Waals surface area contributed by atoms with Crippen LogP contribution in [0.3, 0.4) is 0 Å². The maximum atomic E-state index is 14.4. The van der Waals surface area contributed by atoms with Gasteiger partial charge in [-0.05, 0) is 56.9 Å². The molecule has 1 fully saturated rings. The average molecular weight is 512 g/mol. The van der Waals surface area contributed by atoms with E-state index in [1.165, 1.54) is 25.4 Å². The van der Waals surface area contributed by atoms with Gasteiger partial charge in [-0.3, -0.25) is 9.78 Å². The summed E-state index contributed by atoms with van der Waals surface area (Å²) in [6.45, 7) is 4.62. The number of pyridine rings is 3. The van der Waals surface area contributed by atoms with E-state index >= 15 is 0 Å². The predicted molar refractivity (Wildman–Crippen MR) is 132 cm³/mol. The first-order chi connectivity index (χ1) is 17.7. The van der Waals surface area contributed by atoms with E-state index in [2.05, 4.69) is 15.3 Å². The lowest BCUT2D eigenvalue weighted by atomic mass is 9.86. The van der Waals surface area contributed by atoms with Gasteiger partial charge >= 0.3 is 0 Å². The van der Waals surface area contributed by atoms with Crippen molar-refractivity contribution in [3.63, 3.8) is 0 Å². The minimum absolute atomic E-state index is 0.114. The zero-order valence-electron chi connectivity index (χ0n) is 20.9. The summed E-state index contributed by atoms with van der Waals surface area (Å²) in [7, 11) is 1.45.